The van der Waals surface area contributed by atoms with E-state index in [9.17, 15) is 14.4 Å². The van der Waals surface area contributed by atoms with E-state index >= 15 is 0 Å². The molecule has 0 aliphatic rings. The van der Waals surface area contributed by atoms with Gasteiger partial charge in [0.2, 0.25) is 5.91 Å². The van der Waals surface area contributed by atoms with Crippen LogP contribution in [-0.2, 0) is 19.2 Å². The fraction of sp³-hybridized carbons (Fsp3) is 0.467. The number of ether oxygens (including phenoxy) is 1. The van der Waals surface area contributed by atoms with E-state index in [1.165, 1.54) is 25.3 Å². The molecule has 1 aromatic rings. The molecule has 0 saturated carbocycles. The minimum atomic E-state index is -0.958. The van der Waals surface area contributed by atoms with Gasteiger partial charge in [-0.1, -0.05) is 5.16 Å². The molecule has 1 atom stereocenters. The van der Waals surface area contributed by atoms with Gasteiger partial charge in [0, 0.05) is 29.8 Å². The summed E-state index contributed by atoms with van der Waals surface area (Å²) in [6.45, 7) is 6.35. The first-order valence-electron chi connectivity index (χ1n) is 7.34. The van der Waals surface area contributed by atoms with Crippen LogP contribution in [0.25, 0.3) is 0 Å². The first kappa shape index (κ1) is 20.4. The van der Waals surface area contributed by atoms with Gasteiger partial charge in [0.15, 0.2) is 5.84 Å². The van der Waals surface area contributed by atoms with Gasteiger partial charge in [-0.15, -0.1) is 11.3 Å². The largest absolute Gasteiger partial charge is 0.444 e. The summed E-state index contributed by atoms with van der Waals surface area (Å²) < 4.78 is 5.17. The number of amidine groups is 1. The highest BCUT2D eigenvalue weighted by Crippen LogP contribution is 2.23. The number of hydrogen-bond donors (Lipinski definition) is 3. The third kappa shape index (κ3) is 6.79. The zero-order valence-electron chi connectivity index (χ0n) is 14.7. The number of nitrogens with two attached hydrogens (primary N) is 1. The molecule has 9 nitrogen and oxygen atoms in total. The van der Waals surface area contributed by atoms with Crippen LogP contribution in [0.5, 0.6) is 0 Å². The molecule has 10 heteroatoms. The van der Waals surface area contributed by atoms with Gasteiger partial charge in [-0.05, 0) is 26.8 Å². The number of nitrogens with one attached hydrogen (secondary N) is 2. The minimum absolute atomic E-state index is 0.0226. The van der Waals surface area contributed by atoms with Crippen molar-refractivity contribution in [3.05, 3.63) is 21.9 Å². The van der Waals surface area contributed by atoms with E-state index in [0.717, 1.165) is 0 Å². The third-order valence-corrected chi connectivity index (χ3v) is 3.64. The van der Waals surface area contributed by atoms with E-state index < -0.39 is 29.6 Å². The molecular weight excluding hydrogens is 348 g/mol. The fourth-order valence-electron chi connectivity index (χ4n) is 1.64. The van der Waals surface area contributed by atoms with Crippen LogP contribution in [0, 0.1) is 0 Å². The van der Waals surface area contributed by atoms with E-state index in [1.54, 1.807) is 32.2 Å². The average molecular weight is 370 g/mol. The highest BCUT2D eigenvalue weighted by atomic mass is 32.1. The molecule has 4 N–H and O–H groups in total. The predicted octanol–water partition coefficient (Wildman–Crippen LogP) is 1.24. The highest BCUT2D eigenvalue weighted by molar-refractivity contribution is 7.10. The van der Waals surface area contributed by atoms with Crippen molar-refractivity contribution in [2.75, 3.05) is 7.05 Å². The molecule has 0 saturated heterocycles. The van der Waals surface area contributed by atoms with Gasteiger partial charge in [-0.25, -0.2) is 9.59 Å². The summed E-state index contributed by atoms with van der Waals surface area (Å²) in [5.41, 5.74) is 5.48. The monoisotopic (exact) mass is 370 g/mol. The standard InChI is InChI=1S/C15H22N4O5S/c1-8(20)24-19-12(16)9-6-10(25-7-9)11(13(21)17-5)18-14(22)23-15(2,3)4/h6-7,11H,1-5H3,(H2,16,19)(H,17,21)(H,18,22). The molecule has 1 aromatic heterocycles. The van der Waals surface area contributed by atoms with Crippen molar-refractivity contribution in [1.82, 2.24) is 10.6 Å². The number of carbonyl (C=O) groups excluding carboxylic acids is 3. The number of hydrogen-bond acceptors (Lipinski definition) is 7. The molecule has 0 bridgehead atoms. The number of amides is 2. The Kier molecular flexibility index (Phi) is 6.92. The summed E-state index contributed by atoms with van der Waals surface area (Å²) in [4.78, 5) is 39.8. The Morgan fingerprint density at radius 2 is 1.96 bits per heavy atom. The van der Waals surface area contributed by atoms with Crippen molar-refractivity contribution >= 4 is 35.1 Å². The molecule has 0 aliphatic carbocycles. The van der Waals surface area contributed by atoms with Crippen LogP contribution in [0.1, 0.15) is 44.2 Å². The van der Waals surface area contributed by atoms with E-state index in [2.05, 4.69) is 20.6 Å². The summed E-state index contributed by atoms with van der Waals surface area (Å²) in [6.07, 6.45) is -0.724. The van der Waals surface area contributed by atoms with E-state index in [0.29, 0.717) is 10.4 Å². The summed E-state index contributed by atoms with van der Waals surface area (Å²) in [6, 6.07) is 0.615. The zero-order chi connectivity index (χ0) is 19.2. The molecule has 1 heterocycles. The zero-order valence-corrected chi connectivity index (χ0v) is 15.5. The lowest BCUT2D eigenvalue weighted by molar-refractivity contribution is -0.140. The van der Waals surface area contributed by atoms with Crippen molar-refractivity contribution < 1.29 is 24.0 Å². The minimum Gasteiger partial charge on any atom is -0.444 e. The van der Waals surface area contributed by atoms with Crippen molar-refractivity contribution in [2.24, 2.45) is 10.9 Å². The number of carbonyl (C=O) groups is 3. The smallest absolute Gasteiger partial charge is 0.408 e. The number of oxime groups is 1. The van der Waals surface area contributed by atoms with Crippen molar-refractivity contribution in [1.29, 1.82) is 0 Å². The summed E-state index contributed by atoms with van der Waals surface area (Å²) in [5, 5.41) is 10.1. The molecular formula is C15H22N4O5S. The van der Waals surface area contributed by atoms with Crippen LogP contribution >= 0.6 is 11.3 Å². The lowest BCUT2D eigenvalue weighted by atomic mass is 10.2. The molecule has 0 aliphatic heterocycles. The second-order valence-electron chi connectivity index (χ2n) is 5.99. The Morgan fingerprint density at radius 3 is 2.48 bits per heavy atom. The molecule has 2 amide bonds. The van der Waals surface area contributed by atoms with Crippen LogP contribution in [0.15, 0.2) is 16.6 Å². The normalized spacial score (nSPS) is 12.9. The second kappa shape index (κ2) is 8.47. The van der Waals surface area contributed by atoms with E-state index in [4.69, 9.17) is 10.5 Å². The van der Waals surface area contributed by atoms with Crippen LogP contribution < -0.4 is 16.4 Å². The maximum atomic E-state index is 12.1. The summed E-state index contributed by atoms with van der Waals surface area (Å²) in [5.74, 6) is -1.05. The first-order valence-corrected chi connectivity index (χ1v) is 8.22. The molecule has 0 aromatic carbocycles. The Morgan fingerprint density at radius 1 is 1.32 bits per heavy atom. The summed E-state index contributed by atoms with van der Waals surface area (Å²) in [7, 11) is 1.46. The van der Waals surface area contributed by atoms with Crippen LogP contribution in [0.4, 0.5) is 4.79 Å². The topological polar surface area (TPSA) is 132 Å². The van der Waals surface area contributed by atoms with Crippen LogP contribution in [0.2, 0.25) is 0 Å². The van der Waals surface area contributed by atoms with Crippen LogP contribution in [-0.4, -0.2) is 36.5 Å². The SMILES string of the molecule is CNC(=O)C(NC(=O)OC(C)(C)C)c1cc(/C(N)=N/OC(C)=O)cs1. The summed E-state index contributed by atoms with van der Waals surface area (Å²) >= 11 is 1.19. The highest BCUT2D eigenvalue weighted by Gasteiger charge is 2.26. The molecule has 25 heavy (non-hydrogen) atoms. The predicted molar refractivity (Wildman–Crippen MR) is 93.0 cm³/mol. The molecule has 1 rings (SSSR count). The van der Waals surface area contributed by atoms with Crippen LogP contribution in [0.3, 0.4) is 0 Å². The van der Waals surface area contributed by atoms with Gasteiger partial charge in [0.25, 0.3) is 0 Å². The maximum absolute atomic E-state index is 12.1. The first-order chi connectivity index (χ1) is 11.5. The lowest BCUT2D eigenvalue weighted by Crippen LogP contribution is -2.41. The number of rotatable bonds is 5. The molecule has 0 radical (unpaired) electrons. The molecule has 0 fully saturated rings. The maximum Gasteiger partial charge on any atom is 0.408 e. The van der Waals surface area contributed by atoms with Gasteiger partial charge in [0.1, 0.15) is 11.6 Å². The Balaban J connectivity index is 2.98. The lowest BCUT2D eigenvalue weighted by Gasteiger charge is -2.22. The Hall–Kier alpha value is -2.62. The second-order valence-corrected chi connectivity index (χ2v) is 6.93. The van der Waals surface area contributed by atoms with Gasteiger partial charge in [0.05, 0.1) is 0 Å². The van der Waals surface area contributed by atoms with E-state index in [-0.39, 0.29) is 5.84 Å². The average Bonchev–Trinajstić information content (AvgIpc) is 2.97. The third-order valence-electron chi connectivity index (χ3n) is 2.64. The van der Waals surface area contributed by atoms with Gasteiger partial charge in [-0.3, -0.25) is 4.79 Å². The number of thiophene rings is 1. The molecule has 138 valence electrons. The number of likely N-dealkylation sites (N-methyl/N-ethyl adjacent to an activating group) is 1. The van der Waals surface area contributed by atoms with Crippen molar-refractivity contribution in [3.8, 4) is 0 Å². The number of alkyl carbamates (subject to hydrolysis) is 1. The fourth-order valence-corrected chi connectivity index (χ4v) is 2.59. The molecule has 1 unspecified atom stereocenters. The van der Waals surface area contributed by atoms with Gasteiger partial charge in [-0.2, -0.15) is 0 Å². The quantitative estimate of drug-likeness (QED) is 0.309. The Labute approximate surface area is 149 Å². The van der Waals surface area contributed by atoms with Crippen molar-refractivity contribution in [3.63, 3.8) is 0 Å². The van der Waals surface area contributed by atoms with Gasteiger partial charge >= 0.3 is 12.1 Å². The van der Waals surface area contributed by atoms with E-state index in [1.807, 2.05) is 0 Å². The number of nitrogens with zero attached hydrogens (tertiary/aromatic N) is 1. The van der Waals surface area contributed by atoms with Gasteiger partial charge < -0.3 is 25.9 Å². The molecule has 0 spiro atoms. The van der Waals surface area contributed by atoms with Crippen molar-refractivity contribution in [2.45, 2.75) is 39.3 Å². The Bertz CT molecular complexity index is 678.